The number of benzene rings is 5. The molecular weight excluding hydrogens is 921 g/mol. The molecule has 70 heavy (non-hydrogen) atoms. The number of allylic oxidation sites excluding steroid dienone is 1. The molecule has 4 heterocycles. The predicted octanol–water partition coefficient (Wildman–Crippen LogP) is 3.35. The van der Waals surface area contributed by atoms with Crippen molar-refractivity contribution in [3.05, 3.63) is 118 Å². The molecule has 5 aromatic carbocycles. The van der Waals surface area contributed by atoms with Gasteiger partial charge in [-0.1, -0.05) is 24.3 Å². The first-order valence-electron chi connectivity index (χ1n) is 21.8. The van der Waals surface area contributed by atoms with E-state index in [1.54, 1.807) is 42.5 Å². The molecule has 0 amide bonds. The summed E-state index contributed by atoms with van der Waals surface area (Å²) >= 11 is 0. The van der Waals surface area contributed by atoms with Crippen LogP contribution in [-0.4, -0.2) is 126 Å². The van der Waals surface area contributed by atoms with Gasteiger partial charge in [0.1, 0.15) is 45.6 Å². The molecule has 20 nitrogen and oxygen atoms in total. The number of phenols is 6. The molecule has 4 bridgehead atoms. The Labute approximate surface area is 395 Å². The van der Waals surface area contributed by atoms with E-state index in [1.807, 2.05) is 0 Å². The smallest absolute Gasteiger partial charge is 0.234 e. The second-order valence-electron chi connectivity index (χ2n) is 17.5. The van der Waals surface area contributed by atoms with E-state index < -0.39 is 94.9 Å². The van der Waals surface area contributed by atoms with Crippen molar-refractivity contribution in [2.24, 2.45) is 17.8 Å². The zero-order valence-corrected chi connectivity index (χ0v) is 36.8. The Morgan fingerprint density at radius 1 is 0.600 bits per heavy atom. The van der Waals surface area contributed by atoms with Crippen LogP contribution in [0, 0.1) is 17.8 Å². The fourth-order valence-electron chi connectivity index (χ4n) is 10.4. The molecule has 1 saturated carbocycles. The van der Waals surface area contributed by atoms with Gasteiger partial charge in [0.2, 0.25) is 17.4 Å². The van der Waals surface area contributed by atoms with Crippen LogP contribution < -0.4 is 28.4 Å². The third-order valence-electron chi connectivity index (χ3n) is 13.6. The lowest BCUT2D eigenvalue weighted by molar-refractivity contribution is -0.206. The SMILES string of the molecule is COc1cc(C2C3C=C(C4Oc5cc(O)cc(O)c5C(=O)C4O)C4C2COC4(O)C3=O)ccc1O.COc1cc(C2Oc3ccc(C4Oc5cc(O)cc(O)c5C(=O)C4O)cc3OC2CO)ccc1O. The van der Waals surface area contributed by atoms with Crippen molar-refractivity contribution >= 4 is 17.3 Å². The number of ketones is 3. The number of Topliss-reactive ketones (excluding diaryl/α,β-unsaturated/α-hetero) is 3. The van der Waals surface area contributed by atoms with Gasteiger partial charge in [0.15, 0.2) is 76.9 Å². The standard InChI is InChI=1S/2C25H22O10/c1-33-16-4-9(2-3-14(16)27)18-11-7-12(20-13(18)8-34-25(20,32)24(11)31)23-22(30)21(29)19-15(28)5-10(26)6-17(19)35-23;1-32-17-6-11(2-4-14(17)28)24-20(10-26)33-18-7-12(3-5-16(18)34-24)25-23(31)22(30)21-15(29)8-13(27)9-19(21)35-25/h2-7,11,13,18,20,22-23,26-28,30,32H,8H2,1H3;2-9,20,23-29,31H,10H2,1H3. The lowest BCUT2D eigenvalue weighted by Crippen LogP contribution is -2.60. The van der Waals surface area contributed by atoms with Gasteiger partial charge >= 0.3 is 0 Å². The van der Waals surface area contributed by atoms with Crippen LogP contribution in [0.1, 0.15) is 55.5 Å². The van der Waals surface area contributed by atoms with Crippen molar-refractivity contribution in [3.8, 4) is 69.0 Å². The summed E-state index contributed by atoms with van der Waals surface area (Å²) in [5, 5.41) is 102. The van der Waals surface area contributed by atoms with Gasteiger partial charge in [-0.05, 0) is 53.1 Å². The van der Waals surface area contributed by atoms with Gasteiger partial charge in [0.05, 0.1) is 33.4 Å². The monoisotopic (exact) mass is 964 g/mol. The summed E-state index contributed by atoms with van der Waals surface area (Å²) in [6.45, 7) is -0.339. The number of phenolic OH excluding ortho intramolecular Hbond substituents is 6. The molecule has 0 radical (unpaired) electrons. The van der Waals surface area contributed by atoms with Crippen molar-refractivity contribution in [1.29, 1.82) is 0 Å². The van der Waals surface area contributed by atoms with Gasteiger partial charge in [-0.3, -0.25) is 14.4 Å². The minimum Gasteiger partial charge on any atom is -0.508 e. The molecule has 4 aliphatic heterocycles. The third-order valence-corrected chi connectivity index (χ3v) is 13.6. The molecule has 7 aliphatic rings. The molecule has 10 N–H and O–H groups in total. The van der Waals surface area contributed by atoms with Crippen LogP contribution in [0.2, 0.25) is 0 Å². The van der Waals surface area contributed by atoms with Gasteiger partial charge < -0.3 is 84.2 Å². The highest BCUT2D eigenvalue weighted by Gasteiger charge is 2.69. The molecule has 11 atom stereocenters. The Morgan fingerprint density at radius 3 is 1.73 bits per heavy atom. The number of rotatable bonds is 7. The predicted molar refractivity (Wildman–Crippen MR) is 236 cm³/mol. The van der Waals surface area contributed by atoms with Crippen molar-refractivity contribution in [2.75, 3.05) is 27.4 Å². The van der Waals surface area contributed by atoms with Crippen molar-refractivity contribution < 1.29 is 98.6 Å². The molecule has 0 spiro atoms. The normalized spacial score (nSPS) is 28.8. The van der Waals surface area contributed by atoms with Crippen LogP contribution in [0.4, 0.5) is 0 Å². The fraction of sp³-hybridized carbons (Fsp3) is 0.300. The van der Waals surface area contributed by atoms with E-state index in [-0.39, 0.29) is 76.1 Å². The first-order chi connectivity index (χ1) is 33.5. The first kappa shape index (κ1) is 46.0. The number of hydrogen-bond acceptors (Lipinski definition) is 20. The molecule has 3 aliphatic carbocycles. The topological polar surface area (TPSA) is 318 Å². The fourth-order valence-corrected chi connectivity index (χ4v) is 10.4. The number of methoxy groups -OCH3 is 2. The summed E-state index contributed by atoms with van der Waals surface area (Å²) in [5.41, 5.74) is 1.57. The number of ether oxygens (including phenoxy) is 7. The van der Waals surface area contributed by atoms with Crippen LogP contribution in [-0.2, 0) is 9.53 Å². The van der Waals surface area contributed by atoms with E-state index in [4.69, 9.17) is 33.2 Å². The Hall–Kier alpha value is -7.75. The Morgan fingerprint density at radius 2 is 1.13 bits per heavy atom. The number of hydrogen-bond donors (Lipinski definition) is 10. The van der Waals surface area contributed by atoms with Gasteiger partial charge in [0.25, 0.3) is 0 Å². The minimum absolute atomic E-state index is 0.0395. The molecule has 5 aromatic rings. The van der Waals surface area contributed by atoms with E-state index in [0.29, 0.717) is 28.0 Å². The van der Waals surface area contributed by atoms with Crippen LogP contribution in [0.25, 0.3) is 0 Å². The highest BCUT2D eigenvalue weighted by atomic mass is 16.6. The number of aliphatic hydroxyl groups is 4. The van der Waals surface area contributed by atoms with Gasteiger partial charge in [-0.25, -0.2) is 0 Å². The molecule has 20 heteroatoms. The van der Waals surface area contributed by atoms with Gasteiger partial charge in [-0.15, -0.1) is 0 Å². The van der Waals surface area contributed by atoms with Gasteiger partial charge in [-0.2, -0.15) is 0 Å². The first-order valence-corrected chi connectivity index (χ1v) is 21.8. The third kappa shape index (κ3) is 7.21. The number of fused-ring (bicyclic) bond motifs is 3. The zero-order chi connectivity index (χ0) is 49.7. The summed E-state index contributed by atoms with van der Waals surface area (Å²) < 4.78 is 39.7. The number of carbonyl (C=O) groups excluding carboxylic acids is 3. The quantitative estimate of drug-likeness (QED) is 0.105. The Balaban J connectivity index is 0.000000162. The summed E-state index contributed by atoms with van der Waals surface area (Å²) in [4.78, 5) is 38.9. The highest BCUT2D eigenvalue weighted by molar-refractivity contribution is 6.06. The van der Waals surface area contributed by atoms with E-state index in [9.17, 15) is 65.4 Å². The summed E-state index contributed by atoms with van der Waals surface area (Å²) in [5.74, 6) is -7.63. The van der Waals surface area contributed by atoms with E-state index >= 15 is 0 Å². The molecule has 12 rings (SSSR count). The molecule has 0 aromatic heterocycles. The molecule has 364 valence electrons. The maximum Gasteiger partial charge on any atom is 0.234 e. The average Bonchev–Trinajstić information content (AvgIpc) is 3.66. The van der Waals surface area contributed by atoms with Crippen LogP contribution >= 0.6 is 0 Å². The summed E-state index contributed by atoms with van der Waals surface area (Å²) in [6, 6.07) is 18.5. The number of aromatic hydroxyl groups is 6. The Kier molecular flexibility index (Phi) is 11.2. The van der Waals surface area contributed by atoms with Crippen LogP contribution in [0.5, 0.6) is 69.0 Å². The van der Waals surface area contributed by atoms with Crippen LogP contribution in [0.3, 0.4) is 0 Å². The van der Waals surface area contributed by atoms with E-state index in [1.165, 1.54) is 38.5 Å². The maximum absolute atomic E-state index is 13.3. The summed E-state index contributed by atoms with van der Waals surface area (Å²) in [6.07, 6.45) is -5.64. The summed E-state index contributed by atoms with van der Waals surface area (Å²) in [7, 11) is 2.84. The second kappa shape index (κ2) is 17.0. The van der Waals surface area contributed by atoms with Crippen molar-refractivity contribution in [3.63, 3.8) is 0 Å². The van der Waals surface area contributed by atoms with E-state index in [2.05, 4.69) is 0 Å². The Bertz CT molecular complexity index is 3020. The maximum atomic E-state index is 13.3. The lowest BCUT2D eigenvalue weighted by atomic mass is 9.55. The van der Waals surface area contributed by atoms with Crippen molar-refractivity contribution in [1.82, 2.24) is 0 Å². The number of carbonyl (C=O) groups is 3. The van der Waals surface area contributed by atoms with E-state index in [0.717, 1.165) is 18.2 Å². The molecular formula is C50H44O20. The number of aliphatic hydroxyl groups excluding tert-OH is 3. The largest absolute Gasteiger partial charge is 0.508 e. The molecule has 1 saturated heterocycles. The molecule has 2 fully saturated rings. The molecule has 11 unspecified atom stereocenters. The zero-order valence-electron chi connectivity index (χ0n) is 36.8. The van der Waals surface area contributed by atoms with Crippen LogP contribution in [0.15, 0.2) is 90.5 Å². The lowest BCUT2D eigenvalue weighted by Gasteiger charge is -2.50. The second-order valence-corrected chi connectivity index (χ2v) is 17.5. The average molecular weight is 965 g/mol. The van der Waals surface area contributed by atoms with Gasteiger partial charge in [0, 0.05) is 47.6 Å². The van der Waals surface area contributed by atoms with Crippen molar-refractivity contribution in [2.45, 2.75) is 48.3 Å². The minimum atomic E-state index is -2.13. The highest BCUT2D eigenvalue weighted by Crippen LogP contribution is 2.61.